The highest BCUT2D eigenvalue weighted by Crippen LogP contribution is 2.51. The van der Waals surface area contributed by atoms with Gasteiger partial charge in [-0.1, -0.05) is 133 Å². The average molecular weight is 784 g/mol. The first kappa shape index (κ1) is 34.7. The molecule has 0 spiro atoms. The van der Waals surface area contributed by atoms with E-state index in [2.05, 4.69) is 219 Å². The molecule has 0 amide bonds. The van der Waals surface area contributed by atoms with Gasteiger partial charge in [-0.15, -0.1) is 0 Å². The van der Waals surface area contributed by atoms with Crippen molar-refractivity contribution in [3.63, 3.8) is 0 Å². The summed E-state index contributed by atoms with van der Waals surface area (Å²) < 4.78 is 5.20. The number of hydrogen-bond donors (Lipinski definition) is 0. The molecule has 61 heavy (non-hydrogen) atoms. The molecule has 0 bridgehead atoms. The number of aromatic nitrogens is 2. The Morgan fingerprint density at radius 2 is 0.836 bits per heavy atom. The number of anilines is 3. The number of fused-ring (bicyclic) bond motifs is 16. The molecule has 3 heteroatoms. The first-order valence-electron chi connectivity index (χ1n) is 21.7. The van der Waals surface area contributed by atoms with Crippen molar-refractivity contribution in [2.24, 2.45) is 0 Å². The molecule has 0 fully saturated rings. The van der Waals surface area contributed by atoms with Gasteiger partial charge in [-0.3, -0.25) is 0 Å². The van der Waals surface area contributed by atoms with E-state index in [1.165, 1.54) is 115 Å². The quantitative estimate of drug-likeness (QED) is 0.174. The van der Waals surface area contributed by atoms with Crippen LogP contribution in [0.2, 0.25) is 0 Å². The van der Waals surface area contributed by atoms with Crippen LogP contribution in [0.1, 0.15) is 52.7 Å². The van der Waals surface area contributed by atoms with Gasteiger partial charge in [0, 0.05) is 54.5 Å². The van der Waals surface area contributed by atoms with Crippen LogP contribution in [0.5, 0.6) is 0 Å². The lowest BCUT2D eigenvalue weighted by Gasteiger charge is -2.29. The molecule has 0 radical (unpaired) electrons. The van der Waals surface area contributed by atoms with E-state index in [9.17, 15) is 0 Å². The smallest absolute Gasteiger partial charge is 0.0783 e. The van der Waals surface area contributed by atoms with Crippen molar-refractivity contribution in [2.75, 3.05) is 4.90 Å². The monoisotopic (exact) mass is 783 g/mol. The minimum absolute atomic E-state index is 0.0413. The lowest BCUT2D eigenvalue weighted by atomic mass is 9.85. The number of hydrogen-bond acceptors (Lipinski definition) is 1. The molecule has 0 saturated heterocycles. The lowest BCUT2D eigenvalue weighted by Crippen LogP contribution is -2.15. The molecule has 0 aliphatic rings. The van der Waals surface area contributed by atoms with Gasteiger partial charge in [-0.05, 0) is 116 Å². The van der Waals surface area contributed by atoms with Gasteiger partial charge in [-0.2, -0.15) is 0 Å². The Hall–Kier alpha value is -7.10. The van der Waals surface area contributed by atoms with Gasteiger partial charge in [0.05, 0.1) is 38.8 Å². The van der Waals surface area contributed by atoms with Crippen LogP contribution in [-0.4, -0.2) is 8.80 Å². The second kappa shape index (κ2) is 11.8. The highest BCUT2D eigenvalue weighted by Gasteiger charge is 2.29. The third kappa shape index (κ3) is 4.64. The van der Waals surface area contributed by atoms with Crippen LogP contribution in [0.3, 0.4) is 0 Å². The highest BCUT2D eigenvalue weighted by molar-refractivity contribution is 6.36. The van der Waals surface area contributed by atoms with Crippen LogP contribution < -0.4 is 4.90 Å². The predicted octanol–water partition coefficient (Wildman–Crippen LogP) is 16.4. The summed E-state index contributed by atoms with van der Waals surface area (Å²) in [7, 11) is 0. The van der Waals surface area contributed by atoms with Crippen LogP contribution in [0, 0.1) is 0 Å². The van der Waals surface area contributed by atoms with Gasteiger partial charge in [0.1, 0.15) is 0 Å². The lowest BCUT2D eigenvalue weighted by molar-refractivity contribution is 0.591. The molecule has 4 aromatic heterocycles. The molecule has 0 saturated carbocycles. The summed E-state index contributed by atoms with van der Waals surface area (Å²) in [6.07, 6.45) is 0. The maximum absolute atomic E-state index is 2.63. The molecule has 3 nitrogen and oxygen atoms in total. The summed E-state index contributed by atoms with van der Waals surface area (Å²) in [5.74, 6) is 0. The van der Waals surface area contributed by atoms with E-state index in [-0.39, 0.29) is 10.8 Å². The third-order valence-electron chi connectivity index (χ3n) is 13.8. The third-order valence-corrected chi connectivity index (χ3v) is 13.8. The Bertz CT molecular complexity index is 3890. The summed E-state index contributed by atoms with van der Waals surface area (Å²) in [5.41, 5.74) is 13.7. The molecular weight excluding hydrogens is 739 g/mol. The Kier molecular flexibility index (Phi) is 6.72. The molecule has 9 aromatic carbocycles. The minimum atomic E-state index is -0.0853. The first-order valence-corrected chi connectivity index (χ1v) is 21.7. The summed E-state index contributed by atoms with van der Waals surface area (Å²) in [6, 6.07) is 61.9. The molecule has 0 aliphatic heterocycles. The zero-order chi connectivity index (χ0) is 41.1. The molecule has 0 unspecified atom stereocenters. The van der Waals surface area contributed by atoms with Gasteiger partial charge in [0.25, 0.3) is 0 Å². The largest absolute Gasteiger partial charge is 0.308 e. The Morgan fingerprint density at radius 3 is 1.41 bits per heavy atom. The van der Waals surface area contributed by atoms with Gasteiger partial charge < -0.3 is 13.7 Å². The van der Waals surface area contributed by atoms with Crippen LogP contribution >= 0.6 is 0 Å². The Morgan fingerprint density at radius 1 is 0.344 bits per heavy atom. The predicted molar refractivity (Wildman–Crippen MR) is 263 cm³/mol. The number of nitrogens with zero attached hydrogens (tertiary/aromatic N) is 3. The van der Waals surface area contributed by atoms with Crippen molar-refractivity contribution in [2.45, 2.75) is 52.4 Å². The number of rotatable bonds is 3. The zero-order valence-electron chi connectivity index (χ0n) is 35.4. The standard InChI is InChI=1S/C58H45N3/c1-57(2,3)36-25-26-48-46(29-36)52-40-23-15-13-17-34(40)27-44-42-33-50-43(32-49(42)60(48)55(44)52)45-28-35-18-14-16-24-41(35)53-47-30-37(58(4,5)6)31-51(54(47)61(50)56(45)53)59(38-19-9-7-10-20-38)39-21-11-8-12-22-39/h7-33H,1-6H3. The second-order valence-electron chi connectivity index (χ2n) is 19.4. The van der Waals surface area contributed by atoms with Gasteiger partial charge in [-0.25, -0.2) is 0 Å². The van der Waals surface area contributed by atoms with Crippen LogP contribution in [0.15, 0.2) is 164 Å². The van der Waals surface area contributed by atoms with Crippen molar-refractivity contribution < 1.29 is 0 Å². The summed E-state index contributed by atoms with van der Waals surface area (Å²) in [5, 5.41) is 15.6. The molecule has 13 rings (SSSR count). The van der Waals surface area contributed by atoms with E-state index in [4.69, 9.17) is 0 Å². The zero-order valence-corrected chi connectivity index (χ0v) is 35.4. The van der Waals surface area contributed by atoms with Crippen LogP contribution in [0.4, 0.5) is 17.1 Å². The molecular formula is C58H45N3. The Balaban J connectivity index is 1.27. The molecule has 0 N–H and O–H groups in total. The SMILES string of the molecule is CC(C)(C)c1ccc2c(c1)c1c3ccccc3cc3c4cc5c(cc4n2c31)c1cc2ccccc2c2c3cc(C(C)(C)C)cc(N(c4ccccc4)c4ccccc4)c3n5c12. The normalized spacial score (nSPS) is 13.1. The van der Waals surface area contributed by atoms with Crippen LogP contribution in [0.25, 0.3) is 97.7 Å². The number of benzene rings is 9. The number of para-hydroxylation sites is 2. The van der Waals surface area contributed by atoms with Crippen molar-refractivity contribution in [3.05, 3.63) is 175 Å². The highest BCUT2D eigenvalue weighted by atomic mass is 15.2. The maximum Gasteiger partial charge on any atom is 0.0783 e. The van der Waals surface area contributed by atoms with Crippen molar-refractivity contribution in [1.29, 1.82) is 0 Å². The summed E-state index contributed by atoms with van der Waals surface area (Å²) in [4.78, 5) is 2.48. The maximum atomic E-state index is 2.63. The Labute approximate surface area is 354 Å². The fourth-order valence-electron chi connectivity index (χ4n) is 10.8. The van der Waals surface area contributed by atoms with E-state index in [0.29, 0.717) is 0 Å². The fourth-order valence-corrected chi connectivity index (χ4v) is 10.8. The van der Waals surface area contributed by atoms with E-state index in [0.717, 1.165) is 11.4 Å². The molecule has 4 heterocycles. The van der Waals surface area contributed by atoms with E-state index in [1.807, 2.05) is 0 Å². The van der Waals surface area contributed by atoms with Gasteiger partial charge in [0.15, 0.2) is 0 Å². The van der Waals surface area contributed by atoms with E-state index >= 15 is 0 Å². The first-order chi connectivity index (χ1) is 29.5. The van der Waals surface area contributed by atoms with E-state index in [1.54, 1.807) is 0 Å². The van der Waals surface area contributed by atoms with Crippen molar-refractivity contribution in [3.8, 4) is 0 Å². The molecule has 0 atom stereocenters. The van der Waals surface area contributed by atoms with Gasteiger partial charge in [0.2, 0.25) is 0 Å². The van der Waals surface area contributed by atoms with Crippen LogP contribution in [-0.2, 0) is 10.8 Å². The molecule has 0 aliphatic carbocycles. The summed E-state index contributed by atoms with van der Waals surface area (Å²) >= 11 is 0. The fraction of sp³-hybridized carbons (Fsp3) is 0.138. The molecule has 292 valence electrons. The second-order valence-corrected chi connectivity index (χ2v) is 19.4. The van der Waals surface area contributed by atoms with E-state index < -0.39 is 0 Å². The summed E-state index contributed by atoms with van der Waals surface area (Å²) in [6.45, 7) is 14.0. The minimum Gasteiger partial charge on any atom is -0.308 e. The van der Waals surface area contributed by atoms with Gasteiger partial charge >= 0.3 is 0 Å². The molecule has 13 aromatic rings. The average Bonchev–Trinajstić information content (AvgIpc) is 3.98. The van der Waals surface area contributed by atoms with Crippen molar-refractivity contribution in [1.82, 2.24) is 8.80 Å². The topological polar surface area (TPSA) is 12.1 Å². The van der Waals surface area contributed by atoms with Crippen molar-refractivity contribution >= 4 is 115 Å².